The lowest BCUT2D eigenvalue weighted by Crippen LogP contribution is -2.29. The Balaban J connectivity index is 2.87. The highest BCUT2D eigenvalue weighted by Gasteiger charge is 2.05. The molecule has 0 aliphatic heterocycles. The summed E-state index contributed by atoms with van der Waals surface area (Å²) in [4.78, 5) is 15.3. The molecule has 0 heterocycles. The Labute approximate surface area is 106 Å². The molecular weight excluding hydrogens is 234 g/mol. The predicted molar refractivity (Wildman–Crippen MR) is 74.2 cm³/mol. The van der Waals surface area contributed by atoms with Crippen LogP contribution in [0.3, 0.4) is 0 Å². The summed E-state index contributed by atoms with van der Waals surface area (Å²) < 4.78 is 0. The summed E-state index contributed by atoms with van der Waals surface area (Å²) >= 11 is 1.54. The van der Waals surface area contributed by atoms with Crippen molar-refractivity contribution in [2.45, 2.75) is 20.0 Å². The zero-order chi connectivity index (χ0) is 12.8. The molecule has 1 rings (SSSR count). The van der Waals surface area contributed by atoms with Gasteiger partial charge in [0, 0.05) is 18.2 Å². The Hall–Kier alpha value is -1.49. The molecule has 1 atom stereocenters. The number of hydrogen-bond acceptors (Lipinski definition) is 4. The fourth-order valence-electron chi connectivity index (χ4n) is 1.37. The molecule has 0 aliphatic carbocycles. The van der Waals surface area contributed by atoms with E-state index in [-0.39, 0.29) is 12.1 Å². The van der Waals surface area contributed by atoms with Crippen molar-refractivity contribution in [2.75, 3.05) is 12.0 Å². The number of carbonyl (C=O) groups is 1. The van der Waals surface area contributed by atoms with Crippen molar-refractivity contribution in [3.8, 4) is 0 Å². The lowest BCUT2D eigenvalue weighted by Gasteiger charge is -2.10. The fourth-order valence-corrected chi connectivity index (χ4v) is 2.01. The SMILES string of the molecule is CS/C(=N\C(C)NC(C)=O)c1ccc(N)cc1. The van der Waals surface area contributed by atoms with Gasteiger partial charge in [0.15, 0.2) is 0 Å². The Kier molecular flexibility index (Phi) is 5.03. The third-order valence-corrected chi connectivity index (χ3v) is 2.80. The number of carbonyl (C=O) groups excluding carboxylic acids is 1. The van der Waals surface area contributed by atoms with E-state index in [9.17, 15) is 4.79 Å². The average Bonchev–Trinajstić information content (AvgIpc) is 2.26. The summed E-state index contributed by atoms with van der Waals surface area (Å²) in [6.07, 6.45) is 1.72. The third kappa shape index (κ3) is 4.48. The van der Waals surface area contributed by atoms with Gasteiger partial charge in [-0.3, -0.25) is 9.79 Å². The Morgan fingerprint density at radius 3 is 2.47 bits per heavy atom. The van der Waals surface area contributed by atoms with Crippen LogP contribution in [0.15, 0.2) is 29.3 Å². The second kappa shape index (κ2) is 6.30. The van der Waals surface area contributed by atoms with Gasteiger partial charge in [-0.2, -0.15) is 0 Å². The van der Waals surface area contributed by atoms with Gasteiger partial charge in [0.2, 0.25) is 5.91 Å². The van der Waals surface area contributed by atoms with Gasteiger partial charge >= 0.3 is 0 Å². The van der Waals surface area contributed by atoms with Gasteiger partial charge in [-0.1, -0.05) is 12.1 Å². The van der Waals surface area contributed by atoms with Gasteiger partial charge in [-0.25, -0.2) is 0 Å². The quantitative estimate of drug-likeness (QED) is 0.489. The molecule has 1 aromatic rings. The zero-order valence-electron chi connectivity index (χ0n) is 10.2. The standard InChI is InChI=1S/C12H17N3OS/c1-8(14-9(2)16)15-12(17-3)10-4-6-11(13)7-5-10/h4-8H,13H2,1-3H3,(H,14,16)/b15-12-. The van der Waals surface area contributed by atoms with E-state index in [1.807, 2.05) is 37.4 Å². The van der Waals surface area contributed by atoms with Crippen LogP contribution in [-0.4, -0.2) is 23.4 Å². The number of thioether (sulfide) groups is 1. The molecule has 1 amide bonds. The topological polar surface area (TPSA) is 67.5 Å². The van der Waals surface area contributed by atoms with Crippen LogP contribution in [-0.2, 0) is 4.79 Å². The molecule has 0 fully saturated rings. The molecule has 5 heteroatoms. The molecule has 4 nitrogen and oxygen atoms in total. The first-order valence-electron chi connectivity index (χ1n) is 5.27. The van der Waals surface area contributed by atoms with Crippen LogP contribution in [0.4, 0.5) is 5.69 Å². The van der Waals surface area contributed by atoms with E-state index in [1.165, 1.54) is 6.92 Å². The highest BCUT2D eigenvalue weighted by molar-refractivity contribution is 8.13. The van der Waals surface area contributed by atoms with Crippen LogP contribution in [0.1, 0.15) is 19.4 Å². The number of amides is 1. The van der Waals surface area contributed by atoms with Crippen molar-refractivity contribution in [1.29, 1.82) is 0 Å². The molecule has 0 saturated heterocycles. The summed E-state index contributed by atoms with van der Waals surface area (Å²) in [5, 5.41) is 3.61. The highest BCUT2D eigenvalue weighted by Crippen LogP contribution is 2.14. The van der Waals surface area contributed by atoms with E-state index < -0.39 is 0 Å². The van der Waals surface area contributed by atoms with Crippen LogP contribution in [0, 0.1) is 0 Å². The molecule has 17 heavy (non-hydrogen) atoms. The number of benzene rings is 1. The zero-order valence-corrected chi connectivity index (χ0v) is 11.0. The van der Waals surface area contributed by atoms with E-state index in [0.29, 0.717) is 0 Å². The Morgan fingerprint density at radius 2 is 2.00 bits per heavy atom. The number of aliphatic imine (C=N–C) groups is 1. The number of hydrogen-bond donors (Lipinski definition) is 2. The second-order valence-corrected chi connectivity index (χ2v) is 4.43. The van der Waals surface area contributed by atoms with Gasteiger partial charge in [0.1, 0.15) is 6.17 Å². The summed E-state index contributed by atoms with van der Waals surface area (Å²) in [6.45, 7) is 3.32. The second-order valence-electron chi connectivity index (χ2n) is 3.64. The molecule has 92 valence electrons. The first-order chi connectivity index (χ1) is 8.02. The fraction of sp³-hybridized carbons (Fsp3) is 0.333. The number of anilines is 1. The summed E-state index contributed by atoms with van der Waals surface area (Å²) in [5.41, 5.74) is 7.36. The van der Waals surface area contributed by atoms with E-state index in [0.717, 1.165) is 16.3 Å². The molecule has 3 N–H and O–H groups in total. The van der Waals surface area contributed by atoms with Crippen molar-refractivity contribution in [3.05, 3.63) is 29.8 Å². The lowest BCUT2D eigenvalue weighted by molar-refractivity contribution is -0.119. The minimum Gasteiger partial charge on any atom is -0.399 e. The van der Waals surface area contributed by atoms with Crippen molar-refractivity contribution < 1.29 is 4.79 Å². The summed E-state index contributed by atoms with van der Waals surface area (Å²) in [5.74, 6) is -0.0843. The number of nitrogens with zero attached hydrogens (tertiary/aromatic N) is 1. The van der Waals surface area contributed by atoms with E-state index >= 15 is 0 Å². The first-order valence-corrected chi connectivity index (χ1v) is 6.50. The maximum Gasteiger partial charge on any atom is 0.218 e. The number of nitrogen functional groups attached to an aromatic ring is 1. The van der Waals surface area contributed by atoms with Crippen LogP contribution >= 0.6 is 11.8 Å². The molecule has 1 unspecified atom stereocenters. The van der Waals surface area contributed by atoms with Crippen LogP contribution in [0.25, 0.3) is 0 Å². The minimum absolute atomic E-state index is 0.0843. The maximum absolute atomic E-state index is 10.9. The normalized spacial score (nSPS) is 13.2. The lowest BCUT2D eigenvalue weighted by atomic mass is 10.2. The summed E-state index contributed by atoms with van der Waals surface area (Å²) in [7, 11) is 0. The molecule has 0 aromatic heterocycles. The van der Waals surface area contributed by atoms with Crippen molar-refractivity contribution >= 4 is 28.4 Å². The van der Waals surface area contributed by atoms with Gasteiger partial charge in [-0.05, 0) is 25.3 Å². The third-order valence-electron chi connectivity index (χ3n) is 2.07. The Bertz CT molecular complexity index is 414. The van der Waals surface area contributed by atoms with Gasteiger partial charge < -0.3 is 11.1 Å². The smallest absolute Gasteiger partial charge is 0.218 e. The van der Waals surface area contributed by atoms with Crippen molar-refractivity contribution in [3.63, 3.8) is 0 Å². The van der Waals surface area contributed by atoms with Gasteiger partial charge in [-0.15, -0.1) is 11.8 Å². The van der Waals surface area contributed by atoms with Crippen molar-refractivity contribution in [1.82, 2.24) is 5.32 Å². The highest BCUT2D eigenvalue weighted by atomic mass is 32.2. The molecular formula is C12H17N3OS. The Morgan fingerprint density at radius 1 is 1.41 bits per heavy atom. The van der Waals surface area contributed by atoms with Crippen molar-refractivity contribution in [2.24, 2.45) is 4.99 Å². The van der Waals surface area contributed by atoms with E-state index in [2.05, 4.69) is 10.3 Å². The maximum atomic E-state index is 10.9. The molecule has 1 aromatic carbocycles. The predicted octanol–water partition coefficient (Wildman–Crippen LogP) is 1.86. The number of nitrogens with one attached hydrogen (secondary N) is 1. The molecule has 0 saturated carbocycles. The largest absolute Gasteiger partial charge is 0.399 e. The monoisotopic (exact) mass is 251 g/mol. The summed E-state index contributed by atoms with van der Waals surface area (Å²) in [6, 6.07) is 7.52. The number of nitrogens with two attached hydrogens (primary N) is 1. The van der Waals surface area contributed by atoms with E-state index in [1.54, 1.807) is 11.8 Å². The van der Waals surface area contributed by atoms with Crippen LogP contribution in [0.5, 0.6) is 0 Å². The molecule has 0 spiro atoms. The molecule has 0 radical (unpaired) electrons. The molecule has 0 bridgehead atoms. The molecule has 0 aliphatic rings. The van der Waals surface area contributed by atoms with Gasteiger partial charge in [0.25, 0.3) is 0 Å². The van der Waals surface area contributed by atoms with Crippen LogP contribution < -0.4 is 11.1 Å². The minimum atomic E-state index is -0.229. The van der Waals surface area contributed by atoms with Crippen LogP contribution in [0.2, 0.25) is 0 Å². The number of rotatable bonds is 3. The average molecular weight is 251 g/mol. The van der Waals surface area contributed by atoms with E-state index in [4.69, 9.17) is 5.73 Å². The van der Waals surface area contributed by atoms with Gasteiger partial charge in [0.05, 0.1) is 5.04 Å². The first kappa shape index (κ1) is 13.6.